The summed E-state index contributed by atoms with van der Waals surface area (Å²) in [7, 11) is 0. The van der Waals surface area contributed by atoms with Gasteiger partial charge in [0.25, 0.3) is 0 Å². The molecule has 0 saturated carbocycles. The van der Waals surface area contributed by atoms with Gasteiger partial charge < -0.3 is 0 Å². The summed E-state index contributed by atoms with van der Waals surface area (Å²) in [5.74, 6) is 2.38. The zero-order chi connectivity index (χ0) is 9.40. The van der Waals surface area contributed by atoms with Crippen LogP contribution in [0, 0.1) is 12.3 Å². The van der Waals surface area contributed by atoms with Crippen molar-refractivity contribution in [1.29, 1.82) is 0 Å². The third-order valence-corrected chi connectivity index (χ3v) is 1.94. The van der Waals surface area contributed by atoms with Gasteiger partial charge in [0.15, 0.2) is 0 Å². The Hall–Kier alpha value is -0.940. The van der Waals surface area contributed by atoms with Crippen LogP contribution >= 0.6 is 11.8 Å². The Bertz CT molecular complexity index is 254. The van der Waals surface area contributed by atoms with Gasteiger partial charge in [-0.3, -0.25) is 4.99 Å². The lowest BCUT2D eigenvalue weighted by Crippen LogP contribution is -1.83. The van der Waals surface area contributed by atoms with Crippen LogP contribution in [-0.2, 0) is 0 Å². The van der Waals surface area contributed by atoms with Gasteiger partial charge in [-0.2, -0.15) is 0 Å². The highest BCUT2D eigenvalue weighted by Crippen LogP contribution is 2.09. The monoisotopic (exact) mass is 179 g/mol. The summed E-state index contributed by atoms with van der Waals surface area (Å²) in [6, 6.07) is 0. The van der Waals surface area contributed by atoms with Crippen molar-refractivity contribution in [3.05, 3.63) is 23.3 Å². The van der Waals surface area contributed by atoms with E-state index in [9.17, 15) is 0 Å². The SMILES string of the molecule is C#C\C=C/N=C(C)/C=C(/C)SC. The van der Waals surface area contributed by atoms with Crippen molar-refractivity contribution in [2.45, 2.75) is 13.8 Å². The largest absolute Gasteiger partial charge is 0.261 e. The summed E-state index contributed by atoms with van der Waals surface area (Å²) in [6.07, 6.45) is 12.3. The fraction of sp³-hybridized carbons (Fsp3) is 0.300. The third kappa shape index (κ3) is 5.82. The number of rotatable bonds is 3. The third-order valence-electron chi connectivity index (χ3n) is 1.18. The van der Waals surface area contributed by atoms with Crippen molar-refractivity contribution >= 4 is 17.5 Å². The summed E-state index contributed by atoms with van der Waals surface area (Å²) in [5, 5.41) is 0. The second-order valence-electron chi connectivity index (χ2n) is 2.21. The van der Waals surface area contributed by atoms with Crippen molar-refractivity contribution in [3.63, 3.8) is 0 Å². The summed E-state index contributed by atoms with van der Waals surface area (Å²) >= 11 is 1.71. The summed E-state index contributed by atoms with van der Waals surface area (Å²) in [6.45, 7) is 4.00. The fourth-order valence-corrected chi connectivity index (χ4v) is 0.877. The van der Waals surface area contributed by atoms with Crippen LogP contribution in [0.3, 0.4) is 0 Å². The Balaban J connectivity index is 4.22. The van der Waals surface area contributed by atoms with Gasteiger partial charge in [-0.1, -0.05) is 5.92 Å². The maximum atomic E-state index is 5.02. The van der Waals surface area contributed by atoms with E-state index < -0.39 is 0 Å². The van der Waals surface area contributed by atoms with Gasteiger partial charge in [0, 0.05) is 18.0 Å². The van der Waals surface area contributed by atoms with Crippen molar-refractivity contribution in [2.75, 3.05) is 6.26 Å². The molecule has 0 heterocycles. The van der Waals surface area contributed by atoms with Crippen LogP contribution in [0.25, 0.3) is 0 Å². The highest BCUT2D eigenvalue weighted by atomic mass is 32.2. The highest BCUT2D eigenvalue weighted by molar-refractivity contribution is 8.02. The van der Waals surface area contributed by atoms with Gasteiger partial charge in [0.05, 0.1) is 0 Å². The van der Waals surface area contributed by atoms with Crippen LogP contribution < -0.4 is 0 Å². The molecule has 0 aromatic carbocycles. The molecular formula is C10H13NS. The van der Waals surface area contributed by atoms with Gasteiger partial charge in [-0.05, 0) is 31.1 Å². The molecule has 0 aliphatic carbocycles. The molecule has 0 radical (unpaired) electrons. The zero-order valence-corrected chi connectivity index (χ0v) is 8.48. The lowest BCUT2D eigenvalue weighted by Gasteiger charge is -1.92. The van der Waals surface area contributed by atoms with Crippen LogP contribution in [0.15, 0.2) is 28.2 Å². The molecule has 0 aliphatic rings. The van der Waals surface area contributed by atoms with E-state index in [0.29, 0.717) is 0 Å². The van der Waals surface area contributed by atoms with E-state index in [1.807, 2.05) is 19.3 Å². The molecule has 0 bridgehead atoms. The minimum Gasteiger partial charge on any atom is -0.261 e. The van der Waals surface area contributed by atoms with E-state index in [0.717, 1.165) is 5.71 Å². The minimum absolute atomic E-state index is 0.966. The van der Waals surface area contributed by atoms with Crippen molar-refractivity contribution in [1.82, 2.24) is 0 Å². The fourth-order valence-electron chi connectivity index (χ4n) is 0.588. The molecule has 0 atom stereocenters. The van der Waals surface area contributed by atoms with Crippen LogP contribution in [0.4, 0.5) is 0 Å². The number of allylic oxidation sites excluding steroid dienone is 3. The second-order valence-corrected chi connectivity index (χ2v) is 3.26. The Morgan fingerprint density at radius 1 is 1.50 bits per heavy atom. The number of hydrogen-bond donors (Lipinski definition) is 0. The van der Waals surface area contributed by atoms with Gasteiger partial charge in [-0.15, -0.1) is 18.2 Å². The summed E-state index contributed by atoms with van der Waals surface area (Å²) < 4.78 is 0. The van der Waals surface area contributed by atoms with Crippen LogP contribution in [0.2, 0.25) is 0 Å². The molecule has 0 unspecified atom stereocenters. The Labute approximate surface area is 78.7 Å². The second kappa shape index (κ2) is 6.75. The molecule has 0 rings (SSSR count). The molecule has 2 heteroatoms. The summed E-state index contributed by atoms with van der Waals surface area (Å²) in [5.41, 5.74) is 0.966. The van der Waals surface area contributed by atoms with E-state index >= 15 is 0 Å². The van der Waals surface area contributed by atoms with Gasteiger partial charge in [-0.25, -0.2) is 0 Å². The van der Waals surface area contributed by atoms with E-state index in [4.69, 9.17) is 6.42 Å². The van der Waals surface area contributed by atoms with Gasteiger partial charge >= 0.3 is 0 Å². The molecule has 0 aromatic heterocycles. The van der Waals surface area contributed by atoms with Gasteiger partial charge in [0.2, 0.25) is 0 Å². The number of aliphatic imine (C=N–C) groups is 1. The number of terminal acetylenes is 1. The number of thioether (sulfide) groups is 1. The van der Waals surface area contributed by atoms with Crippen LogP contribution in [-0.4, -0.2) is 12.0 Å². The van der Waals surface area contributed by atoms with Gasteiger partial charge in [0.1, 0.15) is 0 Å². The van der Waals surface area contributed by atoms with Crippen LogP contribution in [0.1, 0.15) is 13.8 Å². The lowest BCUT2D eigenvalue weighted by molar-refractivity contribution is 1.53. The van der Waals surface area contributed by atoms with Crippen molar-refractivity contribution in [3.8, 4) is 12.3 Å². The first-order valence-electron chi connectivity index (χ1n) is 3.58. The van der Waals surface area contributed by atoms with E-state index in [1.165, 1.54) is 4.91 Å². The minimum atomic E-state index is 0.966. The first kappa shape index (κ1) is 11.1. The van der Waals surface area contributed by atoms with Crippen molar-refractivity contribution in [2.24, 2.45) is 4.99 Å². The van der Waals surface area contributed by atoms with Crippen molar-refractivity contribution < 1.29 is 0 Å². The molecule has 0 fully saturated rings. The summed E-state index contributed by atoms with van der Waals surface area (Å²) in [4.78, 5) is 5.35. The highest BCUT2D eigenvalue weighted by Gasteiger charge is 1.85. The first-order chi connectivity index (χ1) is 5.70. The molecule has 0 aliphatic heterocycles. The maximum absolute atomic E-state index is 5.02. The lowest BCUT2D eigenvalue weighted by atomic mass is 10.4. The molecule has 0 amide bonds. The first-order valence-corrected chi connectivity index (χ1v) is 4.81. The molecule has 0 spiro atoms. The predicted octanol–water partition coefficient (Wildman–Crippen LogP) is 2.86. The zero-order valence-electron chi connectivity index (χ0n) is 7.66. The smallest absolute Gasteiger partial charge is 0.0380 e. The molecule has 1 nitrogen and oxygen atoms in total. The number of hydrogen-bond acceptors (Lipinski definition) is 2. The molecule has 0 aromatic rings. The predicted molar refractivity (Wildman–Crippen MR) is 58.4 cm³/mol. The Morgan fingerprint density at radius 3 is 2.67 bits per heavy atom. The standard InChI is InChI=1S/C10H13NS/c1-5-6-7-11-9(2)8-10(3)12-4/h1,6-8H,2-4H3/b7-6-,10-8-,11-9+. The molecule has 0 saturated heterocycles. The quantitative estimate of drug-likeness (QED) is 0.479. The normalized spacial score (nSPS) is 13.5. The van der Waals surface area contributed by atoms with E-state index in [-0.39, 0.29) is 0 Å². The molecule has 0 N–H and O–H groups in total. The molecule has 12 heavy (non-hydrogen) atoms. The molecular weight excluding hydrogens is 166 g/mol. The maximum Gasteiger partial charge on any atom is 0.0380 e. The Kier molecular flexibility index (Phi) is 6.22. The van der Waals surface area contributed by atoms with Crippen LogP contribution in [0.5, 0.6) is 0 Å². The topological polar surface area (TPSA) is 12.4 Å². The molecule has 64 valence electrons. The average Bonchev–Trinajstić information content (AvgIpc) is 2.05. The average molecular weight is 179 g/mol. The van der Waals surface area contributed by atoms with E-state index in [2.05, 4.69) is 17.8 Å². The Morgan fingerprint density at radius 2 is 2.17 bits per heavy atom. The number of nitrogens with zero attached hydrogens (tertiary/aromatic N) is 1. The van der Waals surface area contributed by atoms with E-state index in [1.54, 1.807) is 24.0 Å².